The van der Waals surface area contributed by atoms with Crippen LogP contribution in [-0.4, -0.2) is 30.9 Å². The maximum atomic E-state index is 5.65. The Kier molecular flexibility index (Phi) is 5.66. The first-order valence-electron chi connectivity index (χ1n) is 6.01. The normalized spacial score (nSPS) is 22.0. The second-order valence-corrected chi connectivity index (χ2v) is 5.50. The molecule has 4 heteroatoms. The van der Waals surface area contributed by atoms with Gasteiger partial charge in [-0.1, -0.05) is 26.1 Å². The summed E-state index contributed by atoms with van der Waals surface area (Å²) in [5, 5.41) is 0. The fraction of sp³-hybridized carbons (Fsp3) is 0.917. The van der Waals surface area contributed by atoms with Crippen LogP contribution in [0.2, 0.25) is 0 Å². The molecule has 0 spiro atoms. The van der Waals surface area contributed by atoms with Crippen LogP contribution in [0.4, 0.5) is 0 Å². The summed E-state index contributed by atoms with van der Waals surface area (Å²) in [4.78, 5) is 0.560. The zero-order valence-corrected chi connectivity index (χ0v) is 11.1. The Bertz CT molecular complexity index is 225. The lowest BCUT2D eigenvalue weighted by molar-refractivity contribution is -0.0429. The molecule has 0 bridgehead atoms. The van der Waals surface area contributed by atoms with Crippen LogP contribution >= 0.6 is 12.2 Å². The molecule has 1 rings (SSSR count). The number of ether oxygens (including phenoxy) is 2. The second kappa shape index (κ2) is 6.52. The minimum Gasteiger partial charge on any atom is -0.393 e. The van der Waals surface area contributed by atoms with E-state index < -0.39 is 0 Å². The number of thiocarbonyl (C=S) groups is 1. The summed E-state index contributed by atoms with van der Waals surface area (Å²) in [6, 6.07) is 0. The molecule has 1 unspecified atom stereocenters. The van der Waals surface area contributed by atoms with Crippen LogP contribution in [0.1, 0.15) is 39.5 Å². The smallest absolute Gasteiger partial charge is 0.0808 e. The van der Waals surface area contributed by atoms with Crippen LogP contribution in [0.3, 0.4) is 0 Å². The highest BCUT2D eigenvalue weighted by Crippen LogP contribution is 2.20. The molecule has 94 valence electrons. The van der Waals surface area contributed by atoms with Crippen molar-refractivity contribution in [1.82, 2.24) is 0 Å². The van der Waals surface area contributed by atoms with Crippen LogP contribution in [-0.2, 0) is 9.47 Å². The average molecular weight is 245 g/mol. The topological polar surface area (TPSA) is 44.5 Å². The molecule has 1 aliphatic rings. The monoisotopic (exact) mass is 245 g/mol. The first-order chi connectivity index (χ1) is 7.52. The van der Waals surface area contributed by atoms with Crippen molar-refractivity contribution >= 4 is 17.2 Å². The fourth-order valence-corrected chi connectivity index (χ4v) is 1.71. The van der Waals surface area contributed by atoms with Crippen LogP contribution < -0.4 is 5.73 Å². The Morgan fingerprint density at radius 1 is 1.50 bits per heavy atom. The summed E-state index contributed by atoms with van der Waals surface area (Å²) in [7, 11) is 0. The first kappa shape index (κ1) is 13.9. The molecule has 3 nitrogen and oxygen atoms in total. The summed E-state index contributed by atoms with van der Waals surface area (Å²) in [6.45, 7) is 6.38. The molecule has 0 amide bonds. The van der Waals surface area contributed by atoms with Crippen molar-refractivity contribution in [2.75, 3.05) is 19.8 Å². The quantitative estimate of drug-likeness (QED) is 0.576. The minimum atomic E-state index is -0.108. The van der Waals surface area contributed by atoms with E-state index in [-0.39, 0.29) is 5.41 Å². The van der Waals surface area contributed by atoms with Gasteiger partial charge in [0.1, 0.15) is 0 Å². The first-order valence-corrected chi connectivity index (χ1v) is 6.42. The van der Waals surface area contributed by atoms with Crippen LogP contribution in [0.25, 0.3) is 0 Å². The minimum absolute atomic E-state index is 0.108. The van der Waals surface area contributed by atoms with Gasteiger partial charge in [-0.15, -0.1) is 0 Å². The fourth-order valence-electron chi connectivity index (χ4n) is 1.60. The summed E-state index contributed by atoms with van der Waals surface area (Å²) in [5.74, 6) is 0. The van der Waals surface area contributed by atoms with E-state index in [1.54, 1.807) is 0 Å². The van der Waals surface area contributed by atoms with Crippen LogP contribution in [0.5, 0.6) is 0 Å². The number of rotatable bonds is 6. The molecule has 1 saturated heterocycles. The van der Waals surface area contributed by atoms with E-state index in [1.165, 1.54) is 12.8 Å². The van der Waals surface area contributed by atoms with Crippen molar-refractivity contribution in [3.63, 3.8) is 0 Å². The van der Waals surface area contributed by atoms with Gasteiger partial charge in [-0.05, 0) is 25.7 Å². The van der Waals surface area contributed by atoms with Crippen molar-refractivity contribution in [2.45, 2.75) is 45.6 Å². The van der Waals surface area contributed by atoms with E-state index in [0.717, 1.165) is 19.4 Å². The summed E-state index contributed by atoms with van der Waals surface area (Å²) in [6.07, 6.45) is 4.73. The number of nitrogens with two attached hydrogens (primary N) is 1. The molecule has 2 N–H and O–H groups in total. The molecule has 0 saturated carbocycles. The van der Waals surface area contributed by atoms with E-state index in [9.17, 15) is 0 Å². The largest absolute Gasteiger partial charge is 0.393 e. The predicted octanol–water partition coefficient (Wildman–Crippen LogP) is 2.27. The molecule has 16 heavy (non-hydrogen) atoms. The third kappa shape index (κ3) is 4.76. The lowest BCUT2D eigenvalue weighted by atomic mass is 9.90. The van der Waals surface area contributed by atoms with E-state index >= 15 is 0 Å². The van der Waals surface area contributed by atoms with Crippen LogP contribution in [0.15, 0.2) is 0 Å². The molecular formula is C12H23NO2S. The van der Waals surface area contributed by atoms with Crippen molar-refractivity contribution in [2.24, 2.45) is 11.1 Å². The van der Waals surface area contributed by atoms with Gasteiger partial charge in [0.15, 0.2) is 0 Å². The van der Waals surface area contributed by atoms with Crippen molar-refractivity contribution < 1.29 is 9.47 Å². The molecule has 0 aromatic rings. The van der Waals surface area contributed by atoms with Gasteiger partial charge >= 0.3 is 0 Å². The van der Waals surface area contributed by atoms with Gasteiger partial charge in [0, 0.05) is 18.6 Å². The lowest BCUT2D eigenvalue weighted by Gasteiger charge is -2.25. The van der Waals surface area contributed by atoms with Gasteiger partial charge in [-0.3, -0.25) is 0 Å². The van der Waals surface area contributed by atoms with E-state index in [4.69, 9.17) is 27.4 Å². The molecule has 0 radical (unpaired) electrons. The molecule has 0 aliphatic carbocycles. The van der Waals surface area contributed by atoms with Gasteiger partial charge in [-0.2, -0.15) is 0 Å². The van der Waals surface area contributed by atoms with Gasteiger partial charge in [0.25, 0.3) is 0 Å². The predicted molar refractivity (Wildman–Crippen MR) is 69.6 cm³/mol. The Hall–Kier alpha value is -0.190. The average Bonchev–Trinajstić information content (AvgIpc) is 2.26. The highest BCUT2D eigenvalue weighted by atomic mass is 32.1. The van der Waals surface area contributed by atoms with Gasteiger partial charge in [-0.25, -0.2) is 0 Å². The Morgan fingerprint density at radius 3 is 2.81 bits per heavy atom. The second-order valence-electron chi connectivity index (χ2n) is 5.06. The van der Waals surface area contributed by atoms with Crippen LogP contribution in [0, 0.1) is 5.41 Å². The molecule has 0 aromatic carbocycles. The zero-order chi connectivity index (χ0) is 12.0. The highest BCUT2D eigenvalue weighted by molar-refractivity contribution is 7.80. The Morgan fingerprint density at radius 2 is 2.25 bits per heavy atom. The van der Waals surface area contributed by atoms with Crippen molar-refractivity contribution in [3.05, 3.63) is 0 Å². The zero-order valence-electron chi connectivity index (χ0n) is 10.3. The van der Waals surface area contributed by atoms with E-state index in [0.29, 0.717) is 24.3 Å². The number of hydrogen-bond donors (Lipinski definition) is 1. The third-order valence-electron chi connectivity index (χ3n) is 3.12. The van der Waals surface area contributed by atoms with Gasteiger partial charge in [0.2, 0.25) is 0 Å². The molecule has 1 aliphatic heterocycles. The Labute approximate surface area is 104 Å². The SMILES string of the molecule is CC(C)(CCOCC1CCCCO1)C(N)=S. The van der Waals surface area contributed by atoms with Gasteiger partial charge in [0.05, 0.1) is 17.7 Å². The third-order valence-corrected chi connectivity index (χ3v) is 3.67. The molecule has 0 aromatic heterocycles. The van der Waals surface area contributed by atoms with E-state index in [1.807, 2.05) is 0 Å². The lowest BCUT2D eigenvalue weighted by Crippen LogP contribution is -2.31. The molecule has 1 heterocycles. The maximum Gasteiger partial charge on any atom is 0.0808 e. The molecule has 1 fully saturated rings. The number of hydrogen-bond acceptors (Lipinski definition) is 3. The highest BCUT2D eigenvalue weighted by Gasteiger charge is 2.21. The summed E-state index contributed by atoms with van der Waals surface area (Å²) >= 11 is 5.00. The maximum absolute atomic E-state index is 5.65. The van der Waals surface area contributed by atoms with Crippen molar-refractivity contribution in [3.8, 4) is 0 Å². The van der Waals surface area contributed by atoms with Crippen molar-refractivity contribution in [1.29, 1.82) is 0 Å². The molecular weight excluding hydrogens is 222 g/mol. The summed E-state index contributed by atoms with van der Waals surface area (Å²) < 4.78 is 11.2. The summed E-state index contributed by atoms with van der Waals surface area (Å²) in [5.41, 5.74) is 5.54. The van der Waals surface area contributed by atoms with Gasteiger partial charge < -0.3 is 15.2 Å². The standard InChI is InChI=1S/C12H23NO2S/c1-12(2,11(13)16)6-8-14-9-10-5-3-4-7-15-10/h10H,3-9H2,1-2H3,(H2,13,16). The Balaban J connectivity index is 2.09. The van der Waals surface area contributed by atoms with E-state index in [2.05, 4.69) is 13.8 Å². The molecule has 1 atom stereocenters.